The summed E-state index contributed by atoms with van der Waals surface area (Å²) in [4.78, 5) is 7.51. The number of ether oxygens (including phenoxy) is 1. The van der Waals surface area contributed by atoms with Crippen LogP contribution < -0.4 is 4.74 Å². The van der Waals surface area contributed by atoms with Gasteiger partial charge in [-0.3, -0.25) is 4.90 Å². The van der Waals surface area contributed by atoms with E-state index in [9.17, 15) is 0 Å². The van der Waals surface area contributed by atoms with E-state index in [4.69, 9.17) is 14.5 Å². The zero-order chi connectivity index (χ0) is 21.2. The van der Waals surface area contributed by atoms with E-state index in [1.54, 1.807) is 6.20 Å². The van der Waals surface area contributed by atoms with Gasteiger partial charge in [-0.25, -0.2) is 4.98 Å². The molecule has 0 atom stereocenters. The van der Waals surface area contributed by atoms with E-state index in [1.807, 2.05) is 0 Å². The lowest BCUT2D eigenvalue weighted by Crippen LogP contribution is -2.33. The minimum absolute atomic E-state index is 0.696. The summed E-state index contributed by atoms with van der Waals surface area (Å²) in [7, 11) is 0. The van der Waals surface area contributed by atoms with Crippen LogP contribution in [0.2, 0.25) is 0 Å². The van der Waals surface area contributed by atoms with Crippen molar-refractivity contribution in [3.05, 3.63) is 39.5 Å². The molecule has 0 amide bonds. The predicted octanol–water partition coefficient (Wildman–Crippen LogP) is 5.10. The third-order valence-electron chi connectivity index (χ3n) is 6.60. The Morgan fingerprint density at radius 2 is 2.06 bits per heavy atom. The quantitative estimate of drug-likeness (QED) is 0.489. The van der Waals surface area contributed by atoms with Gasteiger partial charge >= 0.3 is 0 Å². The maximum absolute atomic E-state index is 8.96. The van der Waals surface area contributed by atoms with Crippen LogP contribution in [0.3, 0.4) is 0 Å². The smallest absolute Gasteiger partial charge is 0.173 e. The average Bonchev–Trinajstić information content (AvgIpc) is 3.35. The van der Waals surface area contributed by atoms with Crippen LogP contribution in [-0.4, -0.2) is 34.7 Å². The molecule has 0 N–H and O–H groups in total. The summed E-state index contributed by atoms with van der Waals surface area (Å²) >= 11 is 1.50. The maximum Gasteiger partial charge on any atom is 0.173 e. The molecule has 1 aromatic carbocycles. The molecule has 1 saturated heterocycles. The Bertz CT molecular complexity index is 1090. The van der Waals surface area contributed by atoms with Crippen molar-refractivity contribution >= 4 is 22.3 Å². The first-order valence-corrected chi connectivity index (χ1v) is 12.1. The van der Waals surface area contributed by atoms with Crippen molar-refractivity contribution in [1.82, 2.24) is 15.0 Å². The fourth-order valence-corrected chi connectivity index (χ4v) is 5.16. The third-order valence-corrected chi connectivity index (χ3v) is 7.49. The summed E-state index contributed by atoms with van der Waals surface area (Å²) in [6.45, 7) is 5.92. The van der Waals surface area contributed by atoms with Crippen molar-refractivity contribution < 1.29 is 9.26 Å². The van der Waals surface area contributed by atoms with Gasteiger partial charge in [-0.1, -0.05) is 5.16 Å². The monoisotopic (exact) mass is 436 g/mol. The predicted molar refractivity (Wildman–Crippen MR) is 120 cm³/mol. The van der Waals surface area contributed by atoms with Crippen LogP contribution in [-0.2, 0) is 13.0 Å². The van der Waals surface area contributed by atoms with Crippen molar-refractivity contribution in [1.29, 1.82) is 5.26 Å². The molecule has 6 nitrogen and oxygen atoms in total. The van der Waals surface area contributed by atoms with Crippen molar-refractivity contribution in [3.8, 4) is 11.8 Å². The van der Waals surface area contributed by atoms with Crippen molar-refractivity contribution in [2.24, 2.45) is 11.8 Å². The van der Waals surface area contributed by atoms with Gasteiger partial charge in [0, 0.05) is 10.9 Å². The van der Waals surface area contributed by atoms with Crippen LogP contribution in [0.1, 0.15) is 53.2 Å². The molecule has 1 aliphatic heterocycles. The summed E-state index contributed by atoms with van der Waals surface area (Å²) in [6.07, 6.45) is 8.76. The van der Waals surface area contributed by atoms with E-state index in [0.29, 0.717) is 4.88 Å². The molecule has 31 heavy (non-hydrogen) atoms. The molecule has 0 radical (unpaired) electrons. The number of nitrogens with zero attached hydrogens (tertiary/aromatic N) is 4. The van der Waals surface area contributed by atoms with E-state index in [-0.39, 0.29) is 0 Å². The highest BCUT2D eigenvalue weighted by atomic mass is 32.1. The van der Waals surface area contributed by atoms with Gasteiger partial charge in [-0.05, 0) is 82.5 Å². The summed E-state index contributed by atoms with van der Waals surface area (Å²) in [5.74, 6) is 2.39. The molecule has 5 rings (SSSR count). The number of benzene rings is 1. The zero-order valence-electron chi connectivity index (χ0n) is 18.0. The fourth-order valence-electron chi connectivity index (χ4n) is 4.40. The number of hydrogen-bond acceptors (Lipinski definition) is 7. The van der Waals surface area contributed by atoms with Gasteiger partial charge in [0.15, 0.2) is 5.58 Å². The van der Waals surface area contributed by atoms with Gasteiger partial charge in [0.2, 0.25) is 0 Å². The second-order valence-electron chi connectivity index (χ2n) is 8.94. The Morgan fingerprint density at radius 3 is 2.81 bits per heavy atom. The Labute approximate surface area is 186 Å². The van der Waals surface area contributed by atoms with Crippen molar-refractivity contribution in [2.45, 2.75) is 52.0 Å². The highest BCUT2D eigenvalue weighted by molar-refractivity contribution is 7.12. The van der Waals surface area contributed by atoms with Gasteiger partial charge in [-0.15, -0.1) is 11.3 Å². The molecule has 1 aliphatic carbocycles. The van der Waals surface area contributed by atoms with Gasteiger partial charge in [0.05, 0.1) is 25.0 Å². The minimum Gasteiger partial charge on any atom is -0.493 e. The summed E-state index contributed by atoms with van der Waals surface area (Å²) < 4.78 is 11.7. The lowest BCUT2D eigenvalue weighted by molar-refractivity contribution is 0.172. The van der Waals surface area contributed by atoms with Crippen LogP contribution in [0.4, 0.5) is 0 Å². The Balaban J connectivity index is 1.13. The molecule has 162 valence electrons. The number of aryl methyl sites for hydroxylation is 2. The second kappa shape index (κ2) is 8.97. The number of piperidine rings is 1. The molecular formula is C24H28N4O2S. The minimum atomic E-state index is 0.696. The topological polar surface area (TPSA) is 75.2 Å². The van der Waals surface area contributed by atoms with E-state index in [1.165, 1.54) is 37.0 Å². The Morgan fingerprint density at radius 1 is 1.23 bits per heavy atom. The molecule has 2 fully saturated rings. The zero-order valence-corrected chi connectivity index (χ0v) is 18.8. The van der Waals surface area contributed by atoms with Gasteiger partial charge in [-0.2, -0.15) is 5.26 Å². The van der Waals surface area contributed by atoms with E-state index in [2.05, 4.69) is 40.2 Å². The Kier molecular flexibility index (Phi) is 5.93. The number of thiazole rings is 1. The molecule has 0 spiro atoms. The molecule has 0 bridgehead atoms. The van der Waals surface area contributed by atoms with Crippen LogP contribution >= 0.6 is 11.3 Å². The molecule has 2 aromatic heterocycles. The van der Waals surface area contributed by atoms with Crippen LogP contribution in [0.25, 0.3) is 11.0 Å². The van der Waals surface area contributed by atoms with Crippen LogP contribution in [0.15, 0.2) is 22.9 Å². The molecule has 1 saturated carbocycles. The maximum atomic E-state index is 8.96. The molecular weight excluding hydrogens is 408 g/mol. The van der Waals surface area contributed by atoms with Crippen molar-refractivity contribution in [3.63, 3.8) is 0 Å². The molecule has 7 heteroatoms. The first kappa shape index (κ1) is 20.5. The van der Waals surface area contributed by atoms with Crippen LogP contribution in [0, 0.1) is 30.1 Å². The Hall–Kier alpha value is -2.43. The number of nitriles is 1. The van der Waals surface area contributed by atoms with Crippen molar-refractivity contribution in [2.75, 3.05) is 19.7 Å². The molecule has 2 aliphatic rings. The van der Waals surface area contributed by atoms with E-state index in [0.717, 1.165) is 83.9 Å². The fraction of sp³-hybridized carbons (Fsp3) is 0.542. The largest absolute Gasteiger partial charge is 0.493 e. The number of fused-ring (bicyclic) bond motifs is 1. The number of rotatable bonds is 8. The first-order chi connectivity index (χ1) is 15.2. The summed E-state index contributed by atoms with van der Waals surface area (Å²) in [6, 6.07) is 6.36. The third kappa shape index (κ3) is 4.76. The van der Waals surface area contributed by atoms with E-state index >= 15 is 0 Å². The average molecular weight is 437 g/mol. The number of aromatic nitrogens is 2. The van der Waals surface area contributed by atoms with Gasteiger partial charge < -0.3 is 9.26 Å². The first-order valence-electron chi connectivity index (χ1n) is 11.3. The van der Waals surface area contributed by atoms with E-state index < -0.39 is 0 Å². The van der Waals surface area contributed by atoms with Gasteiger partial charge in [0.25, 0.3) is 0 Å². The summed E-state index contributed by atoms with van der Waals surface area (Å²) in [5, 5.41) is 15.5. The SMILES string of the molecule is Cc1c(OCC2CC2)ccc2c(CCC3CCN(Cc4ncc(C#N)s4)CC3)noc12. The van der Waals surface area contributed by atoms with Crippen LogP contribution in [0.5, 0.6) is 5.75 Å². The highest BCUT2D eigenvalue weighted by Gasteiger charge is 2.24. The molecule has 3 heterocycles. The normalized spacial score (nSPS) is 17.8. The molecule has 0 unspecified atom stereocenters. The number of hydrogen-bond donors (Lipinski definition) is 0. The lowest BCUT2D eigenvalue weighted by Gasteiger charge is -2.31. The second-order valence-corrected chi connectivity index (χ2v) is 10.1. The highest BCUT2D eigenvalue weighted by Crippen LogP contribution is 2.34. The lowest BCUT2D eigenvalue weighted by atomic mass is 9.91. The number of likely N-dealkylation sites (tertiary alicyclic amines) is 1. The van der Waals surface area contributed by atoms with Gasteiger partial charge in [0.1, 0.15) is 21.7 Å². The summed E-state index contributed by atoms with van der Waals surface area (Å²) in [5.41, 5.74) is 3.01. The standard InChI is InChI=1S/C24H28N4O2S/c1-16-22(29-15-18-2-3-18)7-5-20-21(27-30-24(16)20)6-4-17-8-10-28(11-9-17)14-23-26-13-19(12-25)31-23/h5,7,13,17-18H,2-4,6,8-11,14-15H2,1H3. The molecule has 3 aromatic rings.